The maximum atomic E-state index is 14.3. The predicted molar refractivity (Wildman–Crippen MR) is 231 cm³/mol. The third kappa shape index (κ3) is 7.49. The van der Waals surface area contributed by atoms with Crippen molar-refractivity contribution in [3.05, 3.63) is 179 Å². The molecule has 0 aliphatic carbocycles. The smallest absolute Gasteiger partial charge is 0.308 e. The van der Waals surface area contributed by atoms with Crippen molar-refractivity contribution >= 4 is 49.3 Å². The first-order valence-electron chi connectivity index (χ1n) is 20.1. The summed E-state index contributed by atoms with van der Waals surface area (Å²) in [6.45, 7) is 8.46. The van der Waals surface area contributed by atoms with Crippen molar-refractivity contribution in [3.8, 4) is 45.5 Å². The highest BCUT2D eigenvalue weighted by Crippen LogP contribution is 2.46. The molecule has 3 aromatic heterocycles. The van der Waals surface area contributed by atoms with Crippen LogP contribution in [0.3, 0.4) is 0 Å². The van der Waals surface area contributed by atoms with Gasteiger partial charge in [-0.3, -0.25) is 0 Å². The summed E-state index contributed by atoms with van der Waals surface area (Å²) in [6, 6.07) is 29.7. The van der Waals surface area contributed by atoms with Gasteiger partial charge in [0.05, 0.1) is 62.3 Å². The van der Waals surface area contributed by atoms with E-state index < -0.39 is 47.0 Å². The Hall–Kier alpha value is -8.20. The Labute approximate surface area is 374 Å². The summed E-state index contributed by atoms with van der Waals surface area (Å²) in [5.74, 6) is 0.189. The van der Waals surface area contributed by atoms with Crippen molar-refractivity contribution in [3.63, 3.8) is 0 Å². The lowest BCUT2D eigenvalue weighted by Crippen LogP contribution is -2.07. The van der Waals surface area contributed by atoms with Gasteiger partial charge in [-0.05, 0) is 84.9 Å². The molecular formula is C50H24F12N6. The fourth-order valence-electron chi connectivity index (χ4n) is 8.40. The second kappa shape index (κ2) is 15.4. The third-order valence-corrected chi connectivity index (χ3v) is 11.5. The molecule has 3 heterocycles. The van der Waals surface area contributed by atoms with E-state index in [1.165, 1.54) is 21.3 Å². The van der Waals surface area contributed by atoms with E-state index in [4.69, 9.17) is 16.5 Å². The summed E-state index contributed by atoms with van der Waals surface area (Å²) < 4.78 is 174. The first-order chi connectivity index (χ1) is 32.2. The van der Waals surface area contributed by atoms with Crippen LogP contribution in [0.4, 0.5) is 58.4 Å². The van der Waals surface area contributed by atoms with Crippen LogP contribution in [0.15, 0.2) is 146 Å². The molecule has 10 rings (SSSR count). The summed E-state index contributed by atoms with van der Waals surface area (Å²) >= 11 is 0. The van der Waals surface area contributed by atoms with Crippen LogP contribution in [0, 0.1) is 6.57 Å². The number of nitrogens with zero attached hydrogens (tertiary/aromatic N) is 6. The molecule has 0 fully saturated rings. The number of alkyl halides is 12. The van der Waals surface area contributed by atoms with E-state index in [-0.39, 0.29) is 83.7 Å². The van der Waals surface area contributed by atoms with Gasteiger partial charge in [0.15, 0.2) is 23.2 Å². The summed E-state index contributed by atoms with van der Waals surface area (Å²) in [4.78, 5) is 18.0. The lowest BCUT2D eigenvalue weighted by atomic mass is 10.1. The lowest BCUT2D eigenvalue weighted by molar-refractivity contribution is -0.138. The number of benzene rings is 7. The molecule has 338 valence electrons. The Bertz CT molecular complexity index is 3490. The molecule has 18 heteroatoms. The topological polar surface area (TPSA) is 52.9 Å². The summed E-state index contributed by atoms with van der Waals surface area (Å²) in [7, 11) is 0. The van der Waals surface area contributed by atoms with Crippen LogP contribution in [0.5, 0.6) is 0 Å². The predicted octanol–water partition coefficient (Wildman–Crippen LogP) is 15.7. The summed E-state index contributed by atoms with van der Waals surface area (Å²) in [5.41, 5.74) is -4.50. The number of halogens is 12. The van der Waals surface area contributed by atoms with Gasteiger partial charge in [-0.25, -0.2) is 19.8 Å². The van der Waals surface area contributed by atoms with Crippen LogP contribution in [0.25, 0.3) is 94.0 Å². The molecular weight excluding hydrogens is 913 g/mol. The van der Waals surface area contributed by atoms with Gasteiger partial charge in [0, 0.05) is 38.2 Å². The molecule has 0 spiro atoms. The zero-order valence-corrected chi connectivity index (χ0v) is 34.1. The van der Waals surface area contributed by atoms with Gasteiger partial charge in [0.2, 0.25) is 0 Å². The SMILES string of the molecule is [C-]#[N+]c1cc(-n2c3ccc(C(F)(F)F)cc3c3cc(C(F)(F)F)ccc32)c(-n2c3ccc(C(F)(F)F)cc3c3cc(C(F)(F)F)ccc32)cc1-c1nc(-c2ccccc2)nc(-c2ccccc2)n1. The monoisotopic (exact) mass is 936 g/mol. The first-order valence-corrected chi connectivity index (χ1v) is 20.1. The lowest BCUT2D eigenvalue weighted by Gasteiger charge is -2.20. The molecule has 0 aliphatic rings. The number of rotatable bonds is 5. The van der Waals surface area contributed by atoms with Crippen molar-refractivity contribution < 1.29 is 52.7 Å². The van der Waals surface area contributed by atoms with Crippen LogP contribution < -0.4 is 0 Å². The number of hydrogen-bond donors (Lipinski definition) is 0. The minimum Gasteiger partial charge on any atom is -0.308 e. The summed E-state index contributed by atoms with van der Waals surface area (Å²) in [6.07, 6.45) is -19.8. The van der Waals surface area contributed by atoms with Crippen molar-refractivity contribution in [1.82, 2.24) is 24.1 Å². The van der Waals surface area contributed by atoms with Crippen molar-refractivity contribution in [1.29, 1.82) is 0 Å². The highest BCUT2D eigenvalue weighted by atomic mass is 19.4. The molecule has 0 N–H and O–H groups in total. The van der Waals surface area contributed by atoms with E-state index in [1.54, 1.807) is 60.7 Å². The van der Waals surface area contributed by atoms with Gasteiger partial charge in [0.1, 0.15) is 0 Å². The number of aromatic nitrogens is 5. The van der Waals surface area contributed by atoms with Crippen molar-refractivity contribution in [2.24, 2.45) is 0 Å². The quantitative estimate of drug-likeness (QED) is 0.128. The van der Waals surface area contributed by atoms with Crippen LogP contribution in [0.1, 0.15) is 22.3 Å². The molecule has 68 heavy (non-hydrogen) atoms. The molecule has 0 amide bonds. The highest BCUT2D eigenvalue weighted by molar-refractivity contribution is 6.12. The highest BCUT2D eigenvalue weighted by Gasteiger charge is 2.36. The van der Waals surface area contributed by atoms with Crippen LogP contribution in [0.2, 0.25) is 0 Å². The third-order valence-electron chi connectivity index (χ3n) is 11.5. The average Bonchev–Trinajstić information content (AvgIpc) is 3.81. The standard InChI is InChI=1S/C50H24F12N6/c1-63-37-25-43(68-40-18-14-30(49(57,58)59)22-34(40)35-23-31(50(60,61)62)15-19-41(35)68)42(24-36(37)46-65-44(26-8-4-2-5-9-26)64-45(66-46)27-10-6-3-7-11-27)67-38-16-12-28(47(51,52)53)20-32(38)33-21-29(48(54,55)56)13-17-39(33)67/h2-25H. The van der Waals surface area contributed by atoms with Crippen LogP contribution in [-0.2, 0) is 24.7 Å². The number of fused-ring (bicyclic) bond motifs is 6. The summed E-state index contributed by atoms with van der Waals surface area (Å²) in [5, 5.41) is -1.14. The van der Waals surface area contributed by atoms with E-state index in [1.807, 2.05) is 0 Å². The second-order valence-corrected chi connectivity index (χ2v) is 15.6. The van der Waals surface area contributed by atoms with Gasteiger partial charge >= 0.3 is 24.7 Å². The van der Waals surface area contributed by atoms with Gasteiger partial charge in [-0.2, -0.15) is 52.7 Å². The van der Waals surface area contributed by atoms with Crippen molar-refractivity contribution in [2.75, 3.05) is 0 Å². The maximum Gasteiger partial charge on any atom is 0.416 e. The molecule has 0 saturated carbocycles. The molecule has 0 bridgehead atoms. The Morgan fingerprint density at radius 2 is 0.676 bits per heavy atom. The fraction of sp³-hybridized carbons (Fsp3) is 0.0800. The first kappa shape index (κ1) is 43.7. The van der Waals surface area contributed by atoms with Gasteiger partial charge < -0.3 is 9.13 Å². The Morgan fingerprint density at radius 1 is 0.368 bits per heavy atom. The normalized spacial score (nSPS) is 12.7. The molecule has 7 aromatic carbocycles. The molecule has 0 atom stereocenters. The Morgan fingerprint density at radius 3 is 0.985 bits per heavy atom. The molecule has 0 aliphatic heterocycles. The van der Waals surface area contributed by atoms with Gasteiger partial charge in [0.25, 0.3) is 0 Å². The molecule has 0 radical (unpaired) electrons. The molecule has 0 saturated heterocycles. The van der Waals surface area contributed by atoms with Crippen molar-refractivity contribution in [2.45, 2.75) is 24.7 Å². The largest absolute Gasteiger partial charge is 0.416 e. The van der Waals surface area contributed by atoms with Gasteiger partial charge in [-0.1, -0.05) is 60.7 Å². The van der Waals surface area contributed by atoms with E-state index in [0.29, 0.717) is 47.5 Å². The maximum absolute atomic E-state index is 14.3. The molecule has 6 nitrogen and oxygen atoms in total. The van der Waals surface area contributed by atoms with E-state index in [2.05, 4.69) is 9.83 Å². The fourth-order valence-corrected chi connectivity index (χ4v) is 8.40. The average molecular weight is 937 g/mol. The minimum atomic E-state index is -4.95. The van der Waals surface area contributed by atoms with E-state index in [9.17, 15) is 52.7 Å². The number of hydrogen-bond acceptors (Lipinski definition) is 3. The van der Waals surface area contributed by atoms with Gasteiger partial charge in [-0.15, -0.1) is 0 Å². The molecule has 10 aromatic rings. The zero-order valence-electron chi connectivity index (χ0n) is 34.1. The van der Waals surface area contributed by atoms with Crippen LogP contribution >= 0.6 is 0 Å². The molecule has 0 unspecified atom stereocenters. The Balaban J connectivity index is 1.38. The van der Waals surface area contributed by atoms with Crippen LogP contribution in [-0.4, -0.2) is 24.1 Å². The van der Waals surface area contributed by atoms with E-state index >= 15 is 0 Å². The van der Waals surface area contributed by atoms with E-state index in [0.717, 1.165) is 36.4 Å². The minimum absolute atomic E-state index is 0.0242. The Kier molecular flexibility index (Phi) is 9.92. The zero-order chi connectivity index (χ0) is 48.1. The second-order valence-electron chi connectivity index (χ2n) is 15.6.